The van der Waals surface area contributed by atoms with E-state index in [0.29, 0.717) is 11.8 Å². The molecular formula is C20H34ClNO2. The summed E-state index contributed by atoms with van der Waals surface area (Å²) in [6.07, 6.45) is 5.76. The summed E-state index contributed by atoms with van der Waals surface area (Å²) in [5.41, 5.74) is 6.56. The Kier molecular flexibility index (Phi) is 4.65. The minimum absolute atomic E-state index is 0.0445. The van der Waals surface area contributed by atoms with E-state index in [-0.39, 0.29) is 28.5 Å². The topological polar surface area (TPSA) is 55.5 Å². The molecule has 0 aromatic heterocycles. The largest absolute Gasteiger partial charge is 0.389 e. The van der Waals surface area contributed by atoms with Gasteiger partial charge in [-0.3, -0.25) is 0 Å². The van der Waals surface area contributed by atoms with Crippen molar-refractivity contribution in [3.8, 4) is 0 Å². The summed E-state index contributed by atoms with van der Waals surface area (Å²) >= 11 is 6.51. The van der Waals surface area contributed by atoms with Crippen molar-refractivity contribution in [2.45, 2.75) is 94.4 Å². The molecule has 4 heteroatoms. The van der Waals surface area contributed by atoms with E-state index in [4.69, 9.17) is 22.1 Å². The second-order valence-electron chi connectivity index (χ2n) is 9.43. The van der Waals surface area contributed by atoms with Gasteiger partial charge in [0.2, 0.25) is 0 Å². The first-order valence-corrected chi connectivity index (χ1v) is 9.91. The molecule has 1 aliphatic heterocycles. The maximum absolute atomic E-state index is 10.8. The quantitative estimate of drug-likeness (QED) is 0.552. The van der Waals surface area contributed by atoms with Crippen LogP contribution in [0.5, 0.6) is 0 Å². The van der Waals surface area contributed by atoms with Crippen molar-refractivity contribution >= 4 is 11.6 Å². The molecule has 3 rings (SSSR count). The molecule has 2 aliphatic carbocycles. The molecule has 24 heavy (non-hydrogen) atoms. The maximum Gasteiger partial charge on any atom is 0.0796 e. The zero-order valence-electron chi connectivity index (χ0n) is 15.6. The van der Waals surface area contributed by atoms with E-state index >= 15 is 0 Å². The molecule has 3 N–H and O–H groups in total. The van der Waals surface area contributed by atoms with Gasteiger partial charge in [0, 0.05) is 6.04 Å². The molecular weight excluding hydrogens is 322 g/mol. The van der Waals surface area contributed by atoms with E-state index in [2.05, 4.69) is 27.4 Å². The van der Waals surface area contributed by atoms with E-state index in [1.54, 1.807) is 0 Å². The summed E-state index contributed by atoms with van der Waals surface area (Å²) in [6, 6.07) is -0.226. The SMILES string of the molecule is C=C1CC[C@H]([C@@]2(C)CC[C@H](Cl)C(C)(C)O2)[C@@H]2[C@@H]1CC[C@@](C)(O)[C@@H]2N. The molecule has 2 saturated carbocycles. The molecule has 0 amide bonds. The fourth-order valence-electron chi connectivity index (χ4n) is 5.65. The van der Waals surface area contributed by atoms with Crippen molar-refractivity contribution in [3.05, 3.63) is 12.2 Å². The van der Waals surface area contributed by atoms with Gasteiger partial charge in [0.15, 0.2) is 0 Å². The molecule has 0 radical (unpaired) electrons. The summed E-state index contributed by atoms with van der Waals surface area (Å²) in [6.45, 7) is 12.6. The second-order valence-corrected chi connectivity index (χ2v) is 9.96. The summed E-state index contributed by atoms with van der Waals surface area (Å²) in [7, 11) is 0. The molecule has 1 saturated heterocycles. The van der Waals surface area contributed by atoms with Gasteiger partial charge in [-0.05, 0) is 84.0 Å². The number of fused-ring (bicyclic) bond motifs is 1. The van der Waals surface area contributed by atoms with Crippen LogP contribution in [0.15, 0.2) is 12.2 Å². The average molecular weight is 356 g/mol. The fraction of sp³-hybridized carbons (Fsp3) is 0.900. The van der Waals surface area contributed by atoms with Crippen molar-refractivity contribution < 1.29 is 9.84 Å². The first-order valence-electron chi connectivity index (χ1n) is 9.48. The number of rotatable bonds is 1. The molecule has 138 valence electrons. The number of ether oxygens (including phenoxy) is 1. The molecule has 3 nitrogen and oxygen atoms in total. The number of hydrogen-bond acceptors (Lipinski definition) is 3. The molecule has 7 atom stereocenters. The lowest BCUT2D eigenvalue weighted by Crippen LogP contribution is -2.64. The Hall–Kier alpha value is -0.0900. The van der Waals surface area contributed by atoms with Crippen LogP contribution in [0.4, 0.5) is 0 Å². The van der Waals surface area contributed by atoms with Crippen LogP contribution in [-0.4, -0.2) is 33.3 Å². The highest BCUT2D eigenvalue weighted by Gasteiger charge is 2.56. The van der Waals surface area contributed by atoms with E-state index in [1.807, 2.05) is 6.92 Å². The third kappa shape index (κ3) is 2.96. The van der Waals surface area contributed by atoms with Crippen LogP contribution in [-0.2, 0) is 4.74 Å². The smallest absolute Gasteiger partial charge is 0.0796 e. The Morgan fingerprint density at radius 3 is 2.46 bits per heavy atom. The van der Waals surface area contributed by atoms with Gasteiger partial charge >= 0.3 is 0 Å². The first kappa shape index (κ1) is 18.7. The highest BCUT2D eigenvalue weighted by atomic mass is 35.5. The molecule has 1 heterocycles. The number of alkyl halides is 1. The van der Waals surface area contributed by atoms with Crippen molar-refractivity contribution in [2.24, 2.45) is 23.5 Å². The van der Waals surface area contributed by atoms with Crippen molar-refractivity contribution in [3.63, 3.8) is 0 Å². The number of halogens is 1. The van der Waals surface area contributed by atoms with E-state index in [1.165, 1.54) is 5.57 Å². The molecule has 0 bridgehead atoms. The number of allylic oxidation sites excluding steroid dienone is 1. The van der Waals surface area contributed by atoms with Crippen LogP contribution in [0.25, 0.3) is 0 Å². The van der Waals surface area contributed by atoms with Crippen molar-refractivity contribution in [1.82, 2.24) is 0 Å². The Bertz CT molecular complexity index is 518. The zero-order chi connectivity index (χ0) is 17.9. The monoisotopic (exact) mass is 355 g/mol. The minimum atomic E-state index is -0.799. The molecule has 0 aromatic carbocycles. The first-order chi connectivity index (χ1) is 11.0. The third-order valence-corrected chi connectivity index (χ3v) is 8.00. The lowest BCUT2D eigenvalue weighted by atomic mass is 9.54. The zero-order valence-corrected chi connectivity index (χ0v) is 16.4. The van der Waals surface area contributed by atoms with Gasteiger partial charge in [0.25, 0.3) is 0 Å². The van der Waals surface area contributed by atoms with Gasteiger partial charge in [-0.1, -0.05) is 12.2 Å². The fourth-order valence-corrected chi connectivity index (χ4v) is 5.80. The van der Waals surface area contributed by atoms with Crippen molar-refractivity contribution in [1.29, 1.82) is 0 Å². The van der Waals surface area contributed by atoms with Crippen LogP contribution in [0.2, 0.25) is 0 Å². The van der Waals surface area contributed by atoms with Crippen LogP contribution in [0.1, 0.15) is 66.2 Å². The highest BCUT2D eigenvalue weighted by molar-refractivity contribution is 6.21. The van der Waals surface area contributed by atoms with Crippen LogP contribution >= 0.6 is 11.6 Å². The molecule has 3 aliphatic rings. The molecule has 0 unspecified atom stereocenters. The number of hydrogen-bond donors (Lipinski definition) is 2. The van der Waals surface area contributed by atoms with Crippen LogP contribution in [0, 0.1) is 17.8 Å². The standard InChI is InChI=1S/C20H34ClNO2/c1-12-6-7-14(16-13(12)8-10-19(4,23)17(16)22)20(5)11-9-15(21)18(2,3)24-20/h13-17,23H,1,6-11,22H2,2-5H3/t13-,14+,15+,16+,17-,19-,20-/m1/s1. The lowest BCUT2D eigenvalue weighted by Gasteiger charge is -2.58. The van der Waals surface area contributed by atoms with Crippen LogP contribution in [0.3, 0.4) is 0 Å². The Labute approximate surface area is 152 Å². The summed E-state index contributed by atoms with van der Waals surface area (Å²) in [4.78, 5) is 0. The Morgan fingerprint density at radius 1 is 1.17 bits per heavy atom. The maximum atomic E-state index is 10.8. The summed E-state index contributed by atoms with van der Waals surface area (Å²) in [5.74, 6) is 0.997. The normalized spacial score (nSPS) is 52.0. The van der Waals surface area contributed by atoms with E-state index < -0.39 is 5.60 Å². The predicted molar refractivity (Wildman–Crippen MR) is 99.1 cm³/mol. The molecule has 3 fully saturated rings. The van der Waals surface area contributed by atoms with Gasteiger partial charge < -0.3 is 15.6 Å². The Balaban J connectivity index is 1.93. The number of nitrogens with two attached hydrogens (primary N) is 1. The summed E-state index contributed by atoms with van der Waals surface area (Å²) in [5, 5.41) is 10.8. The lowest BCUT2D eigenvalue weighted by molar-refractivity contribution is -0.212. The van der Waals surface area contributed by atoms with Gasteiger partial charge in [-0.15, -0.1) is 11.6 Å². The van der Waals surface area contributed by atoms with E-state index in [9.17, 15) is 5.11 Å². The van der Waals surface area contributed by atoms with Gasteiger partial charge in [0.1, 0.15) is 0 Å². The van der Waals surface area contributed by atoms with Gasteiger partial charge in [-0.2, -0.15) is 0 Å². The second kappa shape index (κ2) is 5.97. The highest BCUT2D eigenvalue weighted by Crippen LogP contribution is 2.55. The van der Waals surface area contributed by atoms with Gasteiger partial charge in [0.05, 0.1) is 22.2 Å². The molecule has 0 spiro atoms. The van der Waals surface area contributed by atoms with E-state index in [0.717, 1.165) is 38.5 Å². The average Bonchev–Trinajstić information content (AvgIpc) is 2.47. The van der Waals surface area contributed by atoms with Crippen molar-refractivity contribution in [2.75, 3.05) is 0 Å². The van der Waals surface area contributed by atoms with Gasteiger partial charge in [-0.25, -0.2) is 0 Å². The third-order valence-electron chi connectivity index (χ3n) is 7.25. The van der Waals surface area contributed by atoms with Crippen LogP contribution < -0.4 is 5.73 Å². The predicted octanol–water partition coefficient (Wildman–Crippen LogP) is 4.01. The Morgan fingerprint density at radius 2 is 1.83 bits per heavy atom. The number of aliphatic hydroxyl groups is 1. The molecule has 0 aromatic rings. The summed E-state index contributed by atoms with van der Waals surface area (Å²) < 4.78 is 6.61. The minimum Gasteiger partial charge on any atom is -0.389 e.